The summed E-state index contributed by atoms with van der Waals surface area (Å²) in [5.41, 5.74) is 1.48. The van der Waals surface area contributed by atoms with Gasteiger partial charge in [0.25, 0.3) is 6.43 Å². The Morgan fingerprint density at radius 1 is 1.24 bits per heavy atom. The van der Waals surface area contributed by atoms with Crippen LogP contribution in [0.3, 0.4) is 0 Å². The maximum atomic E-state index is 13.2. The van der Waals surface area contributed by atoms with E-state index in [0.717, 1.165) is 10.9 Å². The molecule has 0 bridgehead atoms. The summed E-state index contributed by atoms with van der Waals surface area (Å²) >= 11 is 0. The second-order valence-electron chi connectivity index (χ2n) is 5.98. The van der Waals surface area contributed by atoms with Crippen molar-refractivity contribution < 1.29 is 13.5 Å². The van der Waals surface area contributed by atoms with Gasteiger partial charge in [-0.1, -0.05) is 12.1 Å². The largest absolute Gasteiger partial charge is 0.370 e. The third-order valence-electron chi connectivity index (χ3n) is 4.26. The van der Waals surface area contributed by atoms with Crippen molar-refractivity contribution in [1.29, 1.82) is 0 Å². The predicted molar refractivity (Wildman–Crippen MR) is 88.6 cm³/mol. The molecule has 1 fully saturated rings. The van der Waals surface area contributed by atoms with Gasteiger partial charge in [0.1, 0.15) is 11.9 Å². The van der Waals surface area contributed by atoms with Gasteiger partial charge >= 0.3 is 0 Å². The smallest absolute Gasteiger partial charge is 0.297 e. The molecule has 0 spiro atoms. The van der Waals surface area contributed by atoms with Crippen LogP contribution in [0.1, 0.15) is 23.9 Å². The second-order valence-corrected chi connectivity index (χ2v) is 5.98. The summed E-state index contributed by atoms with van der Waals surface area (Å²) in [5, 5.41) is 4.93. The number of halogens is 2. The van der Waals surface area contributed by atoms with Gasteiger partial charge in [-0.25, -0.2) is 18.7 Å². The van der Waals surface area contributed by atoms with Gasteiger partial charge in [0.2, 0.25) is 0 Å². The molecule has 2 aromatic heterocycles. The van der Waals surface area contributed by atoms with Crippen molar-refractivity contribution in [2.45, 2.75) is 12.5 Å². The summed E-state index contributed by atoms with van der Waals surface area (Å²) in [5.74, 6) is 0.0798. The van der Waals surface area contributed by atoms with Gasteiger partial charge in [-0.3, -0.25) is 4.68 Å². The Kier molecular flexibility index (Phi) is 4.04. The maximum Gasteiger partial charge on any atom is 0.297 e. The van der Waals surface area contributed by atoms with E-state index in [1.807, 2.05) is 30.3 Å². The number of hydrogen-bond acceptors (Lipinski definition) is 5. The van der Waals surface area contributed by atoms with Crippen LogP contribution < -0.4 is 4.90 Å². The van der Waals surface area contributed by atoms with E-state index in [0.29, 0.717) is 31.0 Å². The van der Waals surface area contributed by atoms with E-state index in [1.54, 1.807) is 23.0 Å². The van der Waals surface area contributed by atoms with Crippen LogP contribution in [0, 0.1) is 0 Å². The number of benzene rings is 1. The monoisotopic (exact) mass is 345 g/mol. The van der Waals surface area contributed by atoms with Gasteiger partial charge in [0.05, 0.1) is 18.3 Å². The Bertz CT molecular complexity index is 898. The Morgan fingerprint density at radius 3 is 2.84 bits per heavy atom. The van der Waals surface area contributed by atoms with Crippen molar-refractivity contribution in [3.05, 3.63) is 48.0 Å². The van der Waals surface area contributed by atoms with Crippen LogP contribution in [0.2, 0.25) is 0 Å². The summed E-state index contributed by atoms with van der Waals surface area (Å²) in [7, 11) is 1.84. The molecule has 1 unspecified atom stereocenters. The van der Waals surface area contributed by atoms with Crippen molar-refractivity contribution in [2.75, 3.05) is 24.6 Å². The molecule has 1 saturated heterocycles. The normalized spacial score (nSPS) is 18.2. The molecule has 25 heavy (non-hydrogen) atoms. The lowest BCUT2D eigenvalue weighted by Gasteiger charge is -2.34. The molecule has 0 radical (unpaired) electrons. The van der Waals surface area contributed by atoms with Gasteiger partial charge in [-0.15, -0.1) is 0 Å². The molecule has 0 N–H and O–H groups in total. The third kappa shape index (κ3) is 3.05. The minimum atomic E-state index is -2.71. The number of aromatic nitrogens is 4. The van der Waals surface area contributed by atoms with Crippen molar-refractivity contribution in [2.24, 2.45) is 7.05 Å². The summed E-state index contributed by atoms with van der Waals surface area (Å²) in [6, 6.07) is 7.22. The molecule has 0 aliphatic carbocycles. The highest BCUT2D eigenvalue weighted by Gasteiger charge is 2.26. The van der Waals surface area contributed by atoms with Crippen molar-refractivity contribution >= 4 is 16.7 Å². The number of anilines is 1. The second kappa shape index (κ2) is 6.36. The minimum Gasteiger partial charge on any atom is -0.370 e. The van der Waals surface area contributed by atoms with Crippen molar-refractivity contribution in [3.8, 4) is 0 Å². The lowest BCUT2D eigenvalue weighted by Crippen LogP contribution is -2.39. The van der Waals surface area contributed by atoms with E-state index in [-0.39, 0.29) is 6.10 Å². The molecule has 130 valence electrons. The van der Waals surface area contributed by atoms with E-state index in [9.17, 15) is 8.78 Å². The lowest BCUT2D eigenvalue weighted by molar-refractivity contribution is 0.0395. The first kappa shape index (κ1) is 15.9. The number of morpholine rings is 1. The Morgan fingerprint density at radius 2 is 2.08 bits per heavy atom. The number of alkyl halides is 2. The quantitative estimate of drug-likeness (QED) is 0.731. The highest BCUT2D eigenvalue weighted by Crippen LogP contribution is 2.31. The molecule has 8 heteroatoms. The number of aryl methyl sites for hydroxylation is 1. The van der Waals surface area contributed by atoms with E-state index in [1.165, 1.54) is 0 Å². The van der Waals surface area contributed by atoms with Gasteiger partial charge in [0.15, 0.2) is 5.82 Å². The van der Waals surface area contributed by atoms with Gasteiger partial charge in [-0.2, -0.15) is 5.10 Å². The molecule has 1 aromatic carbocycles. The predicted octanol–water partition coefficient (Wildman–Crippen LogP) is 2.88. The highest BCUT2D eigenvalue weighted by molar-refractivity contribution is 5.89. The first-order valence-corrected chi connectivity index (χ1v) is 8.02. The van der Waals surface area contributed by atoms with Crippen molar-refractivity contribution in [1.82, 2.24) is 19.7 Å². The Labute approximate surface area is 143 Å². The molecule has 1 atom stereocenters. The number of para-hydroxylation sites is 1. The summed E-state index contributed by atoms with van der Waals surface area (Å²) in [6.07, 6.45) is 0.776. The zero-order chi connectivity index (χ0) is 17.4. The van der Waals surface area contributed by atoms with Gasteiger partial charge in [-0.05, 0) is 12.1 Å². The van der Waals surface area contributed by atoms with Crippen LogP contribution in [-0.4, -0.2) is 39.4 Å². The van der Waals surface area contributed by atoms with Crippen LogP contribution in [0.5, 0.6) is 0 Å². The summed E-state index contributed by atoms with van der Waals surface area (Å²) < 4.78 is 34.0. The van der Waals surface area contributed by atoms with Crippen LogP contribution in [0.15, 0.2) is 36.7 Å². The zero-order valence-corrected chi connectivity index (χ0v) is 13.6. The number of fused-ring (bicyclic) bond motifs is 1. The number of nitrogens with zero attached hydrogens (tertiary/aromatic N) is 5. The molecule has 3 aromatic rings. The van der Waals surface area contributed by atoms with Crippen LogP contribution in [-0.2, 0) is 11.8 Å². The molecular weight excluding hydrogens is 328 g/mol. The molecule has 0 amide bonds. The first-order chi connectivity index (χ1) is 12.1. The lowest BCUT2D eigenvalue weighted by atomic mass is 10.1. The molecule has 1 aliphatic rings. The van der Waals surface area contributed by atoms with Crippen molar-refractivity contribution in [3.63, 3.8) is 0 Å². The molecule has 6 nitrogen and oxygen atoms in total. The molecule has 1 aliphatic heterocycles. The summed E-state index contributed by atoms with van der Waals surface area (Å²) in [4.78, 5) is 10.1. The number of ether oxygens (including phenoxy) is 1. The van der Waals surface area contributed by atoms with Crippen LogP contribution in [0.25, 0.3) is 10.9 Å². The fraction of sp³-hybridized carbons (Fsp3) is 0.353. The van der Waals surface area contributed by atoms with E-state index in [2.05, 4.69) is 15.1 Å². The standard InChI is InChI=1S/C17H17F2N5O/c1-23-9-11(8-20-23)14-10-24(6-7-25-14)17-12-4-2-3-5-13(12)21-16(22-17)15(18)19/h2-5,8-9,14-15H,6-7,10H2,1H3. The fourth-order valence-electron chi connectivity index (χ4n) is 3.07. The van der Waals surface area contributed by atoms with Crippen LogP contribution in [0.4, 0.5) is 14.6 Å². The van der Waals surface area contributed by atoms with Gasteiger partial charge < -0.3 is 9.64 Å². The highest BCUT2D eigenvalue weighted by atomic mass is 19.3. The molecular formula is C17H17F2N5O. The average Bonchev–Trinajstić information content (AvgIpc) is 3.07. The van der Waals surface area contributed by atoms with E-state index < -0.39 is 12.2 Å². The molecule has 4 rings (SSSR count). The molecule has 3 heterocycles. The van der Waals surface area contributed by atoms with E-state index in [4.69, 9.17) is 4.74 Å². The minimum absolute atomic E-state index is 0.175. The Hall–Kier alpha value is -2.61. The third-order valence-corrected chi connectivity index (χ3v) is 4.26. The first-order valence-electron chi connectivity index (χ1n) is 8.02. The Balaban J connectivity index is 1.72. The molecule has 0 saturated carbocycles. The van der Waals surface area contributed by atoms with Crippen LogP contribution >= 0.6 is 0 Å². The van der Waals surface area contributed by atoms with E-state index >= 15 is 0 Å². The SMILES string of the molecule is Cn1cc(C2CN(c3nc(C(F)F)nc4ccccc34)CCO2)cn1. The van der Waals surface area contributed by atoms with Gasteiger partial charge in [0, 0.05) is 37.3 Å². The summed E-state index contributed by atoms with van der Waals surface area (Å²) in [6.45, 7) is 1.59. The number of hydrogen-bond donors (Lipinski definition) is 0. The zero-order valence-electron chi connectivity index (χ0n) is 13.6. The average molecular weight is 345 g/mol. The fourth-order valence-corrected chi connectivity index (χ4v) is 3.07. The number of rotatable bonds is 3. The topological polar surface area (TPSA) is 56.1 Å². The maximum absolute atomic E-state index is 13.2.